The summed E-state index contributed by atoms with van der Waals surface area (Å²) in [6.45, 7) is 3.58. The van der Waals surface area contributed by atoms with E-state index in [9.17, 15) is 0 Å². The topological polar surface area (TPSA) is 15.3 Å². The first-order chi connectivity index (χ1) is 7.83. The van der Waals surface area contributed by atoms with Gasteiger partial charge in [-0.2, -0.15) is 0 Å². The van der Waals surface area contributed by atoms with Crippen LogP contribution in [-0.2, 0) is 0 Å². The van der Waals surface area contributed by atoms with Crippen LogP contribution in [-0.4, -0.2) is 30.6 Å². The van der Waals surface area contributed by atoms with Crippen LogP contribution >= 0.6 is 15.9 Å². The zero-order chi connectivity index (χ0) is 11.0. The second-order valence-electron chi connectivity index (χ2n) is 4.81. The van der Waals surface area contributed by atoms with Crippen LogP contribution < -0.4 is 5.32 Å². The van der Waals surface area contributed by atoms with Crippen molar-refractivity contribution in [2.75, 3.05) is 19.6 Å². The quantitative estimate of drug-likeness (QED) is 0.851. The van der Waals surface area contributed by atoms with E-state index in [1.807, 2.05) is 0 Å². The van der Waals surface area contributed by atoms with Crippen LogP contribution in [0, 0.1) is 0 Å². The Morgan fingerprint density at radius 3 is 3.19 bits per heavy atom. The summed E-state index contributed by atoms with van der Waals surface area (Å²) in [4.78, 5) is 2.63. The second kappa shape index (κ2) is 4.47. The highest BCUT2D eigenvalue weighted by molar-refractivity contribution is 9.10. The van der Waals surface area contributed by atoms with Gasteiger partial charge in [0.25, 0.3) is 0 Å². The van der Waals surface area contributed by atoms with Crippen molar-refractivity contribution < 1.29 is 0 Å². The lowest BCUT2D eigenvalue weighted by molar-refractivity contribution is 0.0922. The standard InChI is InChI=1S/C13H17BrN2/c14-11-4-1-3-10(7-11)13-8-15-12-5-2-6-16(13)9-12/h1,3-4,7,12-13,15H,2,5-6,8-9H2. The lowest BCUT2D eigenvalue weighted by atomic mass is 9.95. The Kier molecular flexibility index (Phi) is 3.01. The van der Waals surface area contributed by atoms with E-state index in [4.69, 9.17) is 0 Å². The van der Waals surface area contributed by atoms with Gasteiger partial charge < -0.3 is 5.32 Å². The van der Waals surface area contributed by atoms with Gasteiger partial charge in [0.2, 0.25) is 0 Å². The molecule has 1 aromatic rings. The summed E-state index contributed by atoms with van der Waals surface area (Å²) in [6.07, 6.45) is 2.68. The Hall–Kier alpha value is -0.380. The van der Waals surface area contributed by atoms with E-state index in [1.54, 1.807) is 0 Å². The number of fused-ring (bicyclic) bond motifs is 2. The van der Waals surface area contributed by atoms with Gasteiger partial charge in [-0.1, -0.05) is 28.1 Å². The van der Waals surface area contributed by atoms with Gasteiger partial charge in [-0.15, -0.1) is 0 Å². The number of nitrogens with zero attached hydrogens (tertiary/aromatic N) is 1. The summed E-state index contributed by atoms with van der Waals surface area (Å²) < 4.78 is 1.18. The highest BCUT2D eigenvalue weighted by Crippen LogP contribution is 2.29. The fourth-order valence-electron chi connectivity index (χ4n) is 2.91. The molecule has 1 N–H and O–H groups in total. The van der Waals surface area contributed by atoms with Gasteiger partial charge >= 0.3 is 0 Å². The lowest BCUT2D eigenvalue weighted by Gasteiger charge is -2.44. The smallest absolute Gasteiger partial charge is 0.0473 e. The maximum Gasteiger partial charge on any atom is 0.0473 e. The van der Waals surface area contributed by atoms with Gasteiger partial charge in [0.1, 0.15) is 0 Å². The van der Waals surface area contributed by atoms with E-state index in [0.29, 0.717) is 6.04 Å². The predicted molar refractivity (Wildman–Crippen MR) is 69.5 cm³/mol. The van der Waals surface area contributed by atoms with Crippen LogP contribution in [0.15, 0.2) is 28.7 Å². The molecule has 2 aliphatic rings. The van der Waals surface area contributed by atoms with Crippen LogP contribution in [0.25, 0.3) is 0 Å². The maximum atomic E-state index is 3.66. The number of piperidine rings is 1. The third-order valence-electron chi connectivity index (χ3n) is 3.73. The summed E-state index contributed by atoms with van der Waals surface area (Å²) in [7, 11) is 0. The monoisotopic (exact) mass is 280 g/mol. The van der Waals surface area contributed by atoms with Crippen molar-refractivity contribution in [2.24, 2.45) is 0 Å². The van der Waals surface area contributed by atoms with E-state index in [-0.39, 0.29) is 0 Å². The number of nitrogens with one attached hydrogen (secondary N) is 1. The van der Waals surface area contributed by atoms with Crippen molar-refractivity contribution in [1.29, 1.82) is 0 Å². The second-order valence-corrected chi connectivity index (χ2v) is 5.73. The fourth-order valence-corrected chi connectivity index (χ4v) is 3.32. The van der Waals surface area contributed by atoms with Crippen molar-refractivity contribution >= 4 is 15.9 Å². The van der Waals surface area contributed by atoms with E-state index in [2.05, 4.69) is 50.4 Å². The van der Waals surface area contributed by atoms with Gasteiger partial charge in [-0.05, 0) is 37.1 Å². The predicted octanol–water partition coefficient (Wildman–Crippen LogP) is 2.56. The third kappa shape index (κ3) is 2.04. The molecule has 0 amide bonds. The molecule has 2 saturated heterocycles. The van der Waals surface area contributed by atoms with Crippen LogP contribution in [0.5, 0.6) is 0 Å². The van der Waals surface area contributed by atoms with Crippen molar-refractivity contribution in [2.45, 2.75) is 24.9 Å². The van der Waals surface area contributed by atoms with Crippen LogP contribution in [0.1, 0.15) is 24.4 Å². The lowest BCUT2D eigenvalue weighted by Crippen LogP contribution is -2.55. The molecule has 3 heteroatoms. The molecule has 3 rings (SSSR count). The number of piperazine rings is 1. The molecule has 0 spiro atoms. The summed E-state index contributed by atoms with van der Waals surface area (Å²) in [5.74, 6) is 0. The highest BCUT2D eigenvalue weighted by Gasteiger charge is 2.31. The minimum atomic E-state index is 0.564. The van der Waals surface area contributed by atoms with Gasteiger partial charge in [0.15, 0.2) is 0 Å². The summed E-state index contributed by atoms with van der Waals surface area (Å²) in [5.41, 5.74) is 1.43. The molecule has 16 heavy (non-hydrogen) atoms. The fraction of sp³-hybridized carbons (Fsp3) is 0.538. The average molecular weight is 281 g/mol. The molecule has 2 bridgehead atoms. The molecule has 2 heterocycles. The van der Waals surface area contributed by atoms with Crippen LogP contribution in [0.4, 0.5) is 0 Å². The Labute approximate surface area is 105 Å². The molecule has 2 fully saturated rings. The van der Waals surface area contributed by atoms with E-state index in [0.717, 1.165) is 12.6 Å². The highest BCUT2D eigenvalue weighted by atomic mass is 79.9. The summed E-state index contributed by atoms with van der Waals surface area (Å²) in [5, 5.41) is 3.66. The number of halogens is 1. The van der Waals surface area contributed by atoms with E-state index >= 15 is 0 Å². The van der Waals surface area contributed by atoms with Gasteiger partial charge in [0, 0.05) is 29.6 Å². The average Bonchev–Trinajstić information content (AvgIpc) is 2.29. The molecule has 2 nitrogen and oxygen atoms in total. The molecular formula is C13H17BrN2. The third-order valence-corrected chi connectivity index (χ3v) is 4.22. The minimum absolute atomic E-state index is 0.564. The Morgan fingerprint density at radius 2 is 2.31 bits per heavy atom. The molecule has 0 radical (unpaired) electrons. The summed E-state index contributed by atoms with van der Waals surface area (Å²) >= 11 is 3.56. The first kappa shape index (κ1) is 10.8. The molecule has 1 aromatic carbocycles. The van der Waals surface area contributed by atoms with Crippen LogP contribution in [0.2, 0.25) is 0 Å². The molecule has 2 aliphatic heterocycles. The first-order valence-electron chi connectivity index (χ1n) is 6.06. The summed E-state index contributed by atoms with van der Waals surface area (Å²) in [6, 6.07) is 10.0. The van der Waals surface area contributed by atoms with Crippen LogP contribution in [0.3, 0.4) is 0 Å². The Morgan fingerprint density at radius 1 is 1.38 bits per heavy atom. The first-order valence-corrected chi connectivity index (χ1v) is 6.85. The molecule has 86 valence electrons. The van der Waals surface area contributed by atoms with Crippen molar-refractivity contribution in [3.05, 3.63) is 34.3 Å². The number of benzene rings is 1. The number of rotatable bonds is 1. The zero-order valence-electron chi connectivity index (χ0n) is 9.32. The molecule has 0 aliphatic carbocycles. The van der Waals surface area contributed by atoms with E-state index < -0.39 is 0 Å². The molecule has 0 saturated carbocycles. The number of hydrogen-bond donors (Lipinski definition) is 1. The van der Waals surface area contributed by atoms with Crippen molar-refractivity contribution in [3.8, 4) is 0 Å². The Bertz CT molecular complexity index is 380. The zero-order valence-corrected chi connectivity index (χ0v) is 10.9. The van der Waals surface area contributed by atoms with E-state index in [1.165, 1.54) is 36.0 Å². The number of hydrogen-bond acceptors (Lipinski definition) is 2. The molecule has 3 unspecified atom stereocenters. The van der Waals surface area contributed by atoms with Crippen molar-refractivity contribution in [3.63, 3.8) is 0 Å². The van der Waals surface area contributed by atoms with Gasteiger partial charge in [-0.25, -0.2) is 0 Å². The van der Waals surface area contributed by atoms with Gasteiger partial charge in [-0.3, -0.25) is 4.90 Å². The van der Waals surface area contributed by atoms with Gasteiger partial charge in [0.05, 0.1) is 0 Å². The Balaban J connectivity index is 1.84. The minimum Gasteiger partial charge on any atom is -0.311 e. The molecular weight excluding hydrogens is 264 g/mol. The molecule has 3 atom stereocenters. The molecule has 0 aromatic heterocycles. The maximum absolute atomic E-state index is 3.66. The normalized spacial score (nSPS) is 33.7. The largest absolute Gasteiger partial charge is 0.311 e. The van der Waals surface area contributed by atoms with Crippen molar-refractivity contribution in [1.82, 2.24) is 10.2 Å². The SMILES string of the molecule is Brc1cccc(C2CNC3CCCN2C3)c1.